The summed E-state index contributed by atoms with van der Waals surface area (Å²) in [6, 6.07) is 8.21. The Morgan fingerprint density at radius 3 is 2.58 bits per heavy atom. The molecule has 2 heterocycles. The molecule has 0 radical (unpaired) electrons. The van der Waals surface area contributed by atoms with Crippen molar-refractivity contribution < 1.29 is 9.90 Å². The third kappa shape index (κ3) is 5.66. The highest BCUT2D eigenvalue weighted by Crippen LogP contribution is 2.28. The highest BCUT2D eigenvalue weighted by Gasteiger charge is 2.25. The zero-order valence-electron chi connectivity index (χ0n) is 14.8. The molecule has 8 heteroatoms. The van der Waals surface area contributed by atoms with Crippen molar-refractivity contribution in [2.75, 3.05) is 19.6 Å². The predicted molar refractivity (Wildman–Crippen MR) is 111 cm³/mol. The molecule has 3 rings (SSSR count). The second-order valence-electron chi connectivity index (χ2n) is 6.34. The minimum Gasteiger partial charge on any atom is -0.391 e. The normalized spacial score (nSPS) is 18.7. The molecule has 1 aliphatic heterocycles. The van der Waals surface area contributed by atoms with E-state index in [0.29, 0.717) is 19.5 Å². The standard InChI is InChI=1S/C18H23N3O2S.2ClH/c1-11-3-5-13(6-4-11)18-16(24-12(2)21-18)7-17(23)20-9-14-8-19-10-15(14)22;;/h3-6,14-15,19,22H,7-10H2,1-2H3,(H,20,23);2*1H. The maximum absolute atomic E-state index is 12.3. The van der Waals surface area contributed by atoms with Gasteiger partial charge in [0.15, 0.2) is 0 Å². The van der Waals surface area contributed by atoms with Crippen molar-refractivity contribution in [2.24, 2.45) is 5.92 Å². The van der Waals surface area contributed by atoms with E-state index >= 15 is 0 Å². The molecule has 1 aromatic carbocycles. The maximum Gasteiger partial charge on any atom is 0.225 e. The van der Waals surface area contributed by atoms with Gasteiger partial charge in [-0.15, -0.1) is 36.2 Å². The fourth-order valence-electron chi connectivity index (χ4n) is 2.91. The highest BCUT2D eigenvalue weighted by molar-refractivity contribution is 7.12. The average molecular weight is 418 g/mol. The fraction of sp³-hybridized carbons (Fsp3) is 0.444. The summed E-state index contributed by atoms with van der Waals surface area (Å²) in [4.78, 5) is 17.9. The largest absolute Gasteiger partial charge is 0.391 e. The van der Waals surface area contributed by atoms with E-state index in [4.69, 9.17) is 0 Å². The van der Waals surface area contributed by atoms with Gasteiger partial charge in [0.25, 0.3) is 0 Å². The van der Waals surface area contributed by atoms with Gasteiger partial charge >= 0.3 is 0 Å². The van der Waals surface area contributed by atoms with Gasteiger partial charge in [-0.1, -0.05) is 29.8 Å². The molecular formula is C18H25Cl2N3O2S. The number of rotatable bonds is 5. The van der Waals surface area contributed by atoms with Crippen LogP contribution in [0, 0.1) is 19.8 Å². The third-order valence-electron chi connectivity index (χ3n) is 4.32. The van der Waals surface area contributed by atoms with Gasteiger partial charge < -0.3 is 15.7 Å². The summed E-state index contributed by atoms with van der Waals surface area (Å²) in [7, 11) is 0. The van der Waals surface area contributed by atoms with Gasteiger partial charge in [0.1, 0.15) is 0 Å². The number of hydrogen-bond acceptors (Lipinski definition) is 5. The Kier molecular flexibility index (Phi) is 9.00. The van der Waals surface area contributed by atoms with Gasteiger partial charge in [-0.05, 0) is 13.8 Å². The summed E-state index contributed by atoms with van der Waals surface area (Å²) in [5.41, 5.74) is 3.15. The number of aliphatic hydroxyl groups is 1. The van der Waals surface area contributed by atoms with E-state index in [2.05, 4.69) is 34.7 Å². The molecule has 26 heavy (non-hydrogen) atoms. The predicted octanol–water partition coefficient (Wildman–Crippen LogP) is 2.51. The molecule has 2 atom stereocenters. The van der Waals surface area contributed by atoms with Gasteiger partial charge in [0.05, 0.1) is 23.2 Å². The number of halogens is 2. The van der Waals surface area contributed by atoms with Crippen molar-refractivity contribution in [3.05, 3.63) is 39.7 Å². The zero-order valence-corrected chi connectivity index (χ0v) is 17.3. The fourth-order valence-corrected chi connectivity index (χ4v) is 3.86. The minimum atomic E-state index is -0.376. The van der Waals surface area contributed by atoms with Crippen LogP contribution in [0.4, 0.5) is 0 Å². The topological polar surface area (TPSA) is 74.2 Å². The van der Waals surface area contributed by atoms with E-state index in [9.17, 15) is 9.90 Å². The summed E-state index contributed by atoms with van der Waals surface area (Å²) in [5.74, 6) is 0.0693. The molecule has 0 saturated carbocycles. The lowest BCUT2D eigenvalue weighted by atomic mass is 10.1. The van der Waals surface area contributed by atoms with Gasteiger partial charge in [-0.2, -0.15) is 0 Å². The lowest BCUT2D eigenvalue weighted by molar-refractivity contribution is -0.120. The first-order valence-electron chi connectivity index (χ1n) is 8.21. The third-order valence-corrected chi connectivity index (χ3v) is 5.29. The van der Waals surface area contributed by atoms with Crippen LogP contribution in [0.3, 0.4) is 0 Å². The molecule has 1 amide bonds. The van der Waals surface area contributed by atoms with Crippen molar-refractivity contribution in [1.29, 1.82) is 0 Å². The number of thiazole rings is 1. The molecule has 0 bridgehead atoms. The van der Waals surface area contributed by atoms with E-state index in [1.807, 2.05) is 19.1 Å². The molecule has 2 aromatic rings. The van der Waals surface area contributed by atoms with E-state index in [1.54, 1.807) is 11.3 Å². The molecule has 1 aliphatic rings. The van der Waals surface area contributed by atoms with Crippen molar-refractivity contribution in [3.63, 3.8) is 0 Å². The van der Waals surface area contributed by atoms with E-state index in [-0.39, 0.29) is 42.7 Å². The van der Waals surface area contributed by atoms with Crippen LogP contribution in [0.1, 0.15) is 15.4 Å². The second kappa shape index (κ2) is 10.2. The number of aromatic nitrogens is 1. The smallest absolute Gasteiger partial charge is 0.225 e. The van der Waals surface area contributed by atoms with Crippen molar-refractivity contribution in [1.82, 2.24) is 15.6 Å². The zero-order chi connectivity index (χ0) is 17.1. The Bertz CT molecular complexity index is 722. The van der Waals surface area contributed by atoms with Crippen LogP contribution in [0.15, 0.2) is 24.3 Å². The van der Waals surface area contributed by atoms with Crippen LogP contribution in [-0.2, 0) is 11.2 Å². The lowest BCUT2D eigenvalue weighted by Gasteiger charge is -2.14. The van der Waals surface area contributed by atoms with E-state index in [1.165, 1.54) is 5.56 Å². The number of aliphatic hydroxyl groups excluding tert-OH is 1. The number of nitrogens with one attached hydrogen (secondary N) is 2. The van der Waals surface area contributed by atoms with Crippen LogP contribution in [0.5, 0.6) is 0 Å². The van der Waals surface area contributed by atoms with Crippen LogP contribution in [0.2, 0.25) is 0 Å². The molecule has 2 unspecified atom stereocenters. The lowest BCUT2D eigenvalue weighted by Crippen LogP contribution is -2.35. The minimum absolute atomic E-state index is 0. The Hall–Kier alpha value is -1.18. The first kappa shape index (κ1) is 22.9. The summed E-state index contributed by atoms with van der Waals surface area (Å²) in [6.07, 6.45) is -0.0515. The van der Waals surface area contributed by atoms with E-state index < -0.39 is 0 Å². The van der Waals surface area contributed by atoms with Crippen molar-refractivity contribution >= 4 is 42.1 Å². The first-order chi connectivity index (χ1) is 11.5. The number of nitrogens with zero attached hydrogens (tertiary/aromatic N) is 1. The van der Waals surface area contributed by atoms with Gasteiger partial charge in [-0.3, -0.25) is 4.79 Å². The average Bonchev–Trinajstić information content (AvgIpc) is 3.12. The van der Waals surface area contributed by atoms with Crippen LogP contribution in [-0.4, -0.2) is 41.7 Å². The van der Waals surface area contributed by atoms with Crippen LogP contribution < -0.4 is 10.6 Å². The quantitative estimate of drug-likeness (QED) is 0.698. The van der Waals surface area contributed by atoms with Crippen molar-refractivity contribution in [3.8, 4) is 11.3 Å². The molecule has 144 valence electrons. The molecular weight excluding hydrogens is 393 g/mol. The van der Waals surface area contributed by atoms with E-state index in [0.717, 1.165) is 27.7 Å². The van der Waals surface area contributed by atoms with Crippen LogP contribution >= 0.6 is 36.2 Å². The Labute approximate surface area is 170 Å². The van der Waals surface area contributed by atoms with Crippen LogP contribution in [0.25, 0.3) is 11.3 Å². The second-order valence-corrected chi connectivity index (χ2v) is 7.62. The van der Waals surface area contributed by atoms with Gasteiger partial charge in [-0.25, -0.2) is 4.98 Å². The molecule has 0 spiro atoms. The highest BCUT2D eigenvalue weighted by atomic mass is 35.5. The van der Waals surface area contributed by atoms with Crippen molar-refractivity contribution in [2.45, 2.75) is 26.4 Å². The molecule has 3 N–H and O–H groups in total. The summed E-state index contributed by atoms with van der Waals surface area (Å²) in [5, 5.41) is 16.8. The molecule has 1 fully saturated rings. The Balaban J connectivity index is 0.00000169. The Morgan fingerprint density at radius 1 is 1.27 bits per heavy atom. The Morgan fingerprint density at radius 2 is 1.96 bits per heavy atom. The van der Waals surface area contributed by atoms with Gasteiger partial charge in [0.2, 0.25) is 5.91 Å². The van der Waals surface area contributed by atoms with Gasteiger partial charge in [0, 0.05) is 36.0 Å². The SMILES string of the molecule is Cc1ccc(-c2nc(C)sc2CC(=O)NCC2CNCC2O)cc1.Cl.Cl. The monoisotopic (exact) mass is 417 g/mol. The summed E-state index contributed by atoms with van der Waals surface area (Å²) < 4.78 is 0. The molecule has 1 saturated heterocycles. The number of hydrogen-bond donors (Lipinski definition) is 3. The maximum atomic E-state index is 12.3. The summed E-state index contributed by atoms with van der Waals surface area (Å²) >= 11 is 1.57. The molecule has 5 nitrogen and oxygen atoms in total. The number of β-amino-alcohol motifs (C(OH)–C–C–N with tert-alkyl or cyclic N) is 1. The summed E-state index contributed by atoms with van der Waals surface area (Å²) in [6.45, 7) is 5.87. The number of amides is 1. The number of carbonyl (C=O) groups is 1. The number of benzene rings is 1. The molecule has 0 aliphatic carbocycles. The number of aryl methyl sites for hydroxylation is 2. The first-order valence-corrected chi connectivity index (χ1v) is 9.03. The number of carbonyl (C=O) groups excluding carboxylic acids is 1. The molecule has 1 aromatic heterocycles.